The minimum Gasteiger partial charge on any atom is -0.0599 e. The lowest BCUT2D eigenvalue weighted by molar-refractivity contribution is 0.0357. The molecular formula is C10H18. The molecule has 0 aliphatic heterocycles. The topological polar surface area (TPSA) is 0 Å². The average Bonchev–Trinajstić information content (AvgIpc) is 2.32. The average molecular weight is 138 g/mol. The van der Waals surface area contributed by atoms with Crippen molar-refractivity contribution in [3.05, 3.63) is 0 Å². The predicted molar refractivity (Wildman–Crippen MR) is 43.8 cm³/mol. The molecule has 0 nitrogen and oxygen atoms in total. The Bertz CT molecular complexity index is 144. The monoisotopic (exact) mass is 138 g/mol. The van der Waals surface area contributed by atoms with Crippen LogP contribution in [0.1, 0.15) is 46.5 Å². The van der Waals surface area contributed by atoms with E-state index in [4.69, 9.17) is 0 Å². The van der Waals surface area contributed by atoms with E-state index < -0.39 is 0 Å². The van der Waals surface area contributed by atoms with E-state index in [1.165, 1.54) is 25.7 Å². The van der Waals surface area contributed by atoms with Crippen molar-refractivity contribution >= 4 is 0 Å². The van der Waals surface area contributed by atoms with Gasteiger partial charge in [-0.25, -0.2) is 0 Å². The second kappa shape index (κ2) is 1.60. The summed E-state index contributed by atoms with van der Waals surface area (Å²) >= 11 is 0. The molecule has 0 aromatic carbocycles. The molecule has 58 valence electrons. The molecule has 0 heteroatoms. The smallest absolute Gasteiger partial charge is 0.0264 e. The highest BCUT2D eigenvalue weighted by Gasteiger charge is 2.58. The molecule has 1 spiro atoms. The third-order valence-corrected chi connectivity index (χ3v) is 3.61. The summed E-state index contributed by atoms with van der Waals surface area (Å²) in [6.07, 6.45) is 6.11. The molecule has 2 saturated carbocycles. The van der Waals surface area contributed by atoms with Crippen LogP contribution in [0.25, 0.3) is 0 Å². The summed E-state index contributed by atoms with van der Waals surface area (Å²) in [6, 6.07) is 0. The van der Waals surface area contributed by atoms with Gasteiger partial charge in [-0.2, -0.15) is 0 Å². The second-order valence-electron chi connectivity index (χ2n) is 5.32. The van der Waals surface area contributed by atoms with Crippen LogP contribution in [0.2, 0.25) is 0 Å². The van der Waals surface area contributed by atoms with E-state index in [2.05, 4.69) is 20.8 Å². The van der Waals surface area contributed by atoms with Gasteiger partial charge in [0.1, 0.15) is 0 Å². The number of hydrogen-bond acceptors (Lipinski definition) is 0. The summed E-state index contributed by atoms with van der Waals surface area (Å²) in [4.78, 5) is 0. The highest BCUT2D eigenvalue weighted by atomic mass is 14.6. The van der Waals surface area contributed by atoms with Gasteiger partial charge in [-0.15, -0.1) is 0 Å². The highest BCUT2D eigenvalue weighted by molar-refractivity contribution is 5.08. The number of hydrogen-bond donors (Lipinski definition) is 0. The van der Waals surface area contributed by atoms with E-state index in [0.29, 0.717) is 5.41 Å². The Morgan fingerprint density at radius 1 is 1.10 bits per heavy atom. The first-order valence-corrected chi connectivity index (χ1v) is 4.55. The predicted octanol–water partition coefficient (Wildman–Crippen LogP) is 3.22. The van der Waals surface area contributed by atoms with Crippen LogP contribution < -0.4 is 0 Å². The van der Waals surface area contributed by atoms with Crippen molar-refractivity contribution in [2.75, 3.05) is 0 Å². The molecule has 2 aliphatic rings. The van der Waals surface area contributed by atoms with E-state index in [9.17, 15) is 0 Å². The lowest BCUT2D eigenvalue weighted by Crippen LogP contribution is -2.37. The zero-order valence-corrected chi connectivity index (χ0v) is 7.41. The molecule has 1 atom stereocenters. The van der Waals surface area contributed by atoms with Gasteiger partial charge >= 0.3 is 0 Å². The summed E-state index contributed by atoms with van der Waals surface area (Å²) in [7, 11) is 0. The van der Waals surface area contributed by atoms with Gasteiger partial charge < -0.3 is 0 Å². The molecular weight excluding hydrogens is 120 g/mol. The van der Waals surface area contributed by atoms with Crippen LogP contribution in [-0.4, -0.2) is 0 Å². The third kappa shape index (κ3) is 0.741. The van der Waals surface area contributed by atoms with Gasteiger partial charge in [0.25, 0.3) is 0 Å². The Hall–Kier alpha value is 0. The zero-order chi connectivity index (χ0) is 7.41. The first-order chi connectivity index (χ1) is 4.55. The van der Waals surface area contributed by atoms with Gasteiger partial charge in [-0.05, 0) is 42.4 Å². The first kappa shape index (κ1) is 6.69. The van der Waals surface area contributed by atoms with Crippen LogP contribution in [0.15, 0.2) is 0 Å². The summed E-state index contributed by atoms with van der Waals surface area (Å²) in [5.41, 5.74) is 1.47. The standard InChI is InChI=1S/C10H18/c1-9(2,3)8-4-5-10(8)6-7-10/h8H,4-7H2,1-3H3. The molecule has 0 radical (unpaired) electrons. The quantitative estimate of drug-likeness (QED) is 0.482. The molecule has 0 heterocycles. The SMILES string of the molecule is CC(C)(C)C1CCC12CC2. The minimum atomic E-state index is 0.592. The van der Waals surface area contributed by atoms with Crippen LogP contribution >= 0.6 is 0 Å². The first-order valence-electron chi connectivity index (χ1n) is 4.55. The lowest BCUT2D eigenvalue weighted by Gasteiger charge is -2.46. The van der Waals surface area contributed by atoms with Gasteiger partial charge in [0.05, 0.1) is 0 Å². The minimum absolute atomic E-state index is 0.592. The van der Waals surface area contributed by atoms with Crippen LogP contribution in [0.3, 0.4) is 0 Å². The molecule has 0 bridgehead atoms. The Kier molecular flexibility index (Phi) is 1.07. The van der Waals surface area contributed by atoms with Crippen molar-refractivity contribution in [1.82, 2.24) is 0 Å². The fourth-order valence-corrected chi connectivity index (χ4v) is 2.81. The van der Waals surface area contributed by atoms with E-state index in [1.54, 1.807) is 0 Å². The van der Waals surface area contributed by atoms with Gasteiger partial charge in [-0.3, -0.25) is 0 Å². The maximum absolute atomic E-state index is 2.40. The Balaban J connectivity index is 2.07. The Morgan fingerprint density at radius 3 is 1.80 bits per heavy atom. The van der Waals surface area contributed by atoms with Crippen molar-refractivity contribution in [3.63, 3.8) is 0 Å². The summed E-state index contributed by atoms with van der Waals surface area (Å²) in [5.74, 6) is 1.06. The molecule has 0 aromatic heterocycles. The van der Waals surface area contributed by atoms with Crippen molar-refractivity contribution in [2.45, 2.75) is 46.5 Å². The van der Waals surface area contributed by atoms with E-state index >= 15 is 0 Å². The number of rotatable bonds is 0. The molecule has 1 unspecified atom stereocenters. The highest BCUT2D eigenvalue weighted by Crippen LogP contribution is 2.68. The van der Waals surface area contributed by atoms with E-state index in [0.717, 1.165) is 11.3 Å². The second-order valence-corrected chi connectivity index (χ2v) is 5.32. The maximum atomic E-state index is 2.40. The van der Waals surface area contributed by atoms with Gasteiger partial charge in [0.15, 0.2) is 0 Å². The van der Waals surface area contributed by atoms with Gasteiger partial charge in [0.2, 0.25) is 0 Å². The van der Waals surface area contributed by atoms with Crippen molar-refractivity contribution in [3.8, 4) is 0 Å². The van der Waals surface area contributed by atoms with E-state index in [-0.39, 0.29) is 0 Å². The lowest BCUT2D eigenvalue weighted by atomic mass is 9.59. The maximum Gasteiger partial charge on any atom is -0.0264 e. The van der Waals surface area contributed by atoms with Crippen molar-refractivity contribution < 1.29 is 0 Å². The Morgan fingerprint density at radius 2 is 1.70 bits per heavy atom. The normalized spacial score (nSPS) is 35.7. The summed E-state index contributed by atoms with van der Waals surface area (Å²) < 4.78 is 0. The van der Waals surface area contributed by atoms with Gasteiger partial charge in [-0.1, -0.05) is 20.8 Å². The fourth-order valence-electron chi connectivity index (χ4n) is 2.81. The van der Waals surface area contributed by atoms with Crippen LogP contribution in [0, 0.1) is 16.7 Å². The molecule has 2 rings (SSSR count). The van der Waals surface area contributed by atoms with Crippen LogP contribution in [0.5, 0.6) is 0 Å². The van der Waals surface area contributed by atoms with E-state index in [1.807, 2.05) is 0 Å². The molecule has 10 heavy (non-hydrogen) atoms. The Labute approximate surface area is 64.0 Å². The summed E-state index contributed by atoms with van der Waals surface area (Å²) in [5, 5.41) is 0. The molecule has 2 fully saturated rings. The summed E-state index contributed by atoms with van der Waals surface area (Å²) in [6.45, 7) is 7.20. The fraction of sp³-hybridized carbons (Fsp3) is 1.00. The van der Waals surface area contributed by atoms with Crippen molar-refractivity contribution in [2.24, 2.45) is 16.7 Å². The van der Waals surface area contributed by atoms with Crippen LogP contribution in [-0.2, 0) is 0 Å². The third-order valence-electron chi connectivity index (χ3n) is 3.61. The molecule has 2 aliphatic carbocycles. The molecule has 0 amide bonds. The molecule has 0 N–H and O–H groups in total. The van der Waals surface area contributed by atoms with Crippen molar-refractivity contribution in [1.29, 1.82) is 0 Å². The molecule has 0 saturated heterocycles. The van der Waals surface area contributed by atoms with Crippen LogP contribution in [0.4, 0.5) is 0 Å². The molecule has 0 aromatic rings. The van der Waals surface area contributed by atoms with Gasteiger partial charge in [0, 0.05) is 0 Å². The zero-order valence-electron chi connectivity index (χ0n) is 7.41. The largest absolute Gasteiger partial charge is 0.0599 e.